The number of fused-ring (bicyclic) bond motifs is 1. The van der Waals surface area contributed by atoms with Gasteiger partial charge in [-0.15, -0.1) is 0 Å². The van der Waals surface area contributed by atoms with Gasteiger partial charge in [-0.25, -0.2) is 9.97 Å². The highest BCUT2D eigenvalue weighted by Crippen LogP contribution is 2.40. The lowest BCUT2D eigenvalue weighted by Crippen LogP contribution is -2.30. The molecule has 4 heterocycles. The van der Waals surface area contributed by atoms with E-state index in [1.807, 2.05) is 12.1 Å². The average molecular weight is 357 g/mol. The van der Waals surface area contributed by atoms with Crippen LogP contribution in [0, 0.1) is 0 Å². The Hall–Kier alpha value is -3.74. The lowest BCUT2D eigenvalue weighted by Gasteiger charge is -2.22. The summed E-state index contributed by atoms with van der Waals surface area (Å²) in [5.74, 6) is 0.508. The quantitative estimate of drug-likeness (QED) is 0.608. The van der Waals surface area contributed by atoms with Crippen LogP contribution in [0.4, 0.5) is 0 Å². The third kappa shape index (κ3) is 2.60. The number of aromatic nitrogens is 4. The Morgan fingerprint density at radius 2 is 1.96 bits per heavy atom. The zero-order valence-corrected chi connectivity index (χ0v) is 14.2. The summed E-state index contributed by atoms with van der Waals surface area (Å²) >= 11 is 0. The molecule has 0 saturated heterocycles. The average Bonchev–Trinajstić information content (AvgIpc) is 3.47. The molecule has 132 valence electrons. The largest absolute Gasteiger partial charge is 0.446 e. The van der Waals surface area contributed by atoms with Crippen LogP contribution in [0.2, 0.25) is 0 Å². The molecule has 0 unspecified atom stereocenters. The Morgan fingerprint density at radius 3 is 2.70 bits per heavy atom. The predicted molar refractivity (Wildman–Crippen MR) is 96.5 cm³/mol. The van der Waals surface area contributed by atoms with Crippen molar-refractivity contribution < 1.29 is 9.21 Å². The number of aromatic amines is 1. The van der Waals surface area contributed by atoms with E-state index in [4.69, 9.17) is 4.42 Å². The lowest BCUT2D eigenvalue weighted by molar-refractivity contribution is 0.0698. The molecule has 0 spiro atoms. The molecule has 0 saturated carbocycles. The fourth-order valence-electron chi connectivity index (χ4n) is 3.56. The molecule has 0 radical (unpaired) electrons. The minimum absolute atomic E-state index is 0.129. The van der Waals surface area contributed by atoms with Gasteiger partial charge in [0, 0.05) is 18.9 Å². The second-order valence-electron chi connectivity index (χ2n) is 6.35. The SMILES string of the molecule is O=C(c1cnc[nH]1)N1Cc2cc(-c3ccncc3)ccc2[C@H]1c1cnco1. The van der Waals surface area contributed by atoms with Crippen LogP contribution in [0.3, 0.4) is 0 Å². The van der Waals surface area contributed by atoms with E-state index in [2.05, 4.69) is 38.1 Å². The van der Waals surface area contributed by atoms with Crippen molar-refractivity contribution in [1.29, 1.82) is 0 Å². The Bertz CT molecular complexity index is 1080. The van der Waals surface area contributed by atoms with Crippen molar-refractivity contribution in [2.24, 2.45) is 0 Å². The lowest BCUT2D eigenvalue weighted by atomic mass is 9.98. The van der Waals surface area contributed by atoms with Crippen LogP contribution in [0.15, 0.2) is 72.3 Å². The molecular formula is C20H15N5O2. The van der Waals surface area contributed by atoms with Gasteiger partial charge >= 0.3 is 0 Å². The van der Waals surface area contributed by atoms with E-state index in [-0.39, 0.29) is 11.9 Å². The molecule has 1 atom stereocenters. The van der Waals surface area contributed by atoms with Gasteiger partial charge in [0.1, 0.15) is 11.7 Å². The number of nitrogens with one attached hydrogen (secondary N) is 1. The second-order valence-corrected chi connectivity index (χ2v) is 6.35. The number of hydrogen-bond donors (Lipinski definition) is 1. The molecule has 5 rings (SSSR count). The first-order valence-electron chi connectivity index (χ1n) is 8.52. The summed E-state index contributed by atoms with van der Waals surface area (Å²) in [6.45, 7) is 0.484. The predicted octanol–water partition coefficient (Wildman–Crippen LogP) is 3.21. The molecule has 7 nitrogen and oxygen atoms in total. The van der Waals surface area contributed by atoms with Crippen molar-refractivity contribution >= 4 is 5.91 Å². The van der Waals surface area contributed by atoms with Crippen LogP contribution in [0.25, 0.3) is 11.1 Å². The second kappa shape index (κ2) is 6.21. The van der Waals surface area contributed by atoms with Gasteiger partial charge in [-0.1, -0.05) is 12.1 Å². The van der Waals surface area contributed by atoms with Gasteiger partial charge in [-0.05, 0) is 40.5 Å². The first-order valence-corrected chi connectivity index (χ1v) is 8.52. The molecule has 1 N–H and O–H groups in total. The highest BCUT2D eigenvalue weighted by atomic mass is 16.3. The van der Waals surface area contributed by atoms with E-state index in [0.29, 0.717) is 18.0 Å². The van der Waals surface area contributed by atoms with Crippen molar-refractivity contribution in [1.82, 2.24) is 24.8 Å². The van der Waals surface area contributed by atoms with Gasteiger partial charge in [0.05, 0.1) is 18.7 Å². The van der Waals surface area contributed by atoms with Crippen LogP contribution in [-0.4, -0.2) is 30.7 Å². The maximum Gasteiger partial charge on any atom is 0.273 e. The third-order valence-electron chi connectivity index (χ3n) is 4.81. The molecule has 1 amide bonds. The highest BCUT2D eigenvalue weighted by molar-refractivity contribution is 5.93. The first kappa shape index (κ1) is 15.5. The van der Waals surface area contributed by atoms with E-state index in [0.717, 1.165) is 22.3 Å². The van der Waals surface area contributed by atoms with Gasteiger partial charge in [0.25, 0.3) is 5.91 Å². The number of carbonyl (C=O) groups is 1. The van der Waals surface area contributed by atoms with Crippen LogP contribution in [0.5, 0.6) is 0 Å². The van der Waals surface area contributed by atoms with Crippen LogP contribution in [-0.2, 0) is 6.54 Å². The van der Waals surface area contributed by atoms with Crippen LogP contribution >= 0.6 is 0 Å². The van der Waals surface area contributed by atoms with Crippen molar-refractivity contribution in [3.63, 3.8) is 0 Å². The smallest absolute Gasteiger partial charge is 0.273 e. The summed E-state index contributed by atoms with van der Waals surface area (Å²) in [7, 11) is 0. The molecule has 1 aliphatic heterocycles. The van der Waals surface area contributed by atoms with Gasteiger partial charge < -0.3 is 14.3 Å². The maximum atomic E-state index is 13.0. The maximum absolute atomic E-state index is 13.0. The van der Waals surface area contributed by atoms with Gasteiger partial charge in [0.15, 0.2) is 12.2 Å². The van der Waals surface area contributed by atoms with Crippen LogP contribution in [0.1, 0.15) is 33.4 Å². The van der Waals surface area contributed by atoms with Crippen molar-refractivity contribution in [2.75, 3.05) is 0 Å². The summed E-state index contributed by atoms with van der Waals surface area (Å²) < 4.78 is 5.55. The number of nitrogens with zero attached hydrogens (tertiary/aromatic N) is 4. The molecule has 0 fully saturated rings. The van der Waals surface area contributed by atoms with Crippen molar-refractivity contribution in [2.45, 2.75) is 12.6 Å². The number of amides is 1. The van der Waals surface area contributed by atoms with Crippen molar-refractivity contribution in [3.8, 4) is 11.1 Å². The zero-order chi connectivity index (χ0) is 18.2. The number of pyridine rings is 1. The monoisotopic (exact) mass is 357 g/mol. The fraction of sp³-hybridized carbons (Fsp3) is 0.100. The molecule has 1 aromatic carbocycles. The summed E-state index contributed by atoms with van der Waals surface area (Å²) in [4.78, 5) is 29.7. The molecule has 27 heavy (non-hydrogen) atoms. The van der Waals surface area contributed by atoms with E-state index in [9.17, 15) is 4.79 Å². The molecule has 7 heteroatoms. The number of rotatable bonds is 3. The van der Waals surface area contributed by atoms with E-state index in [1.54, 1.807) is 23.5 Å². The standard InChI is InChI=1S/C20H15N5O2/c26-20(17-8-22-11-24-17)25-10-15-7-14(13-3-5-21-6-4-13)1-2-16(15)19(25)18-9-23-12-27-18/h1-9,11-12,19H,10H2,(H,22,24)/t19-/m0/s1. The molecular weight excluding hydrogens is 342 g/mol. The molecule has 0 bridgehead atoms. The Labute approximate surface area is 154 Å². The minimum atomic E-state index is -0.315. The normalized spacial score (nSPS) is 15.7. The van der Waals surface area contributed by atoms with E-state index < -0.39 is 0 Å². The number of H-pyrrole nitrogens is 1. The summed E-state index contributed by atoms with van der Waals surface area (Å²) in [6.07, 6.45) is 9.62. The summed E-state index contributed by atoms with van der Waals surface area (Å²) in [5, 5.41) is 0. The van der Waals surface area contributed by atoms with Gasteiger partial charge in [0.2, 0.25) is 0 Å². The fourth-order valence-corrected chi connectivity index (χ4v) is 3.56. The topological polar surface area (TPSA) is 87.9 Å². The molecule has 3 aromatic heterocycles. The Kier molecular flexibility index (Phi) is 3.57. The summed E-state index contributed by atoms with van der Waals surface area (Å²) in [6, 6.07) is 9.86. The van der Waals surface area contributed by atoms with E-state index in [1.165, 1.54) is 18.9 Å². The molecule has 4 aromatic rings. The first-order chi connectivity index (χ1) is 13.3. The number of hydrogen-bond acceptors (Lipinski definition) is 5. The molecule has 1 aliphatic rings. The highest BCUT2D eigenvalue weighted by Gasteiger charge is 2.37. The Morgan fingerprint density at radius 1 is 1.07 bits per heavy atom. The molecule has 0 aliphatic carbocycles. The third-order valence-corrected chi connectivity index (χ3v) is 4.81. The van der Waals surface area contributed by atoms with Gasteiger partial charge in [-0.3, -0.25) is 9.78 Å². The number of carbonyl (C=O) groups excluding carboxylic acids is 1. The van der Waals surface area contributed by atoms with Crippen molar-refractivity contribution in [3.05, 3.63) is 90.4 Å². The van der Waals surface area contributed by atoms with E-state index >= 15 is 0 Å². The summed E-state index contributed by atoms with van der Waals surface area (Å²) in [5.41, 5.74) is 4.74. The number of oxazole rings is 1. The Balaban J connectivity index is 1.58. The van der Waals surface area contributed by atoms with Crippen LogP contribution < -0.4 is 0 Å². The van der Waals surface area contributed by atoms with Gasteiger partial charge in [-0.2, -0.15) is 0 Å². The zero-order valence-electron chi connectivity index (χ0n) is 14.2. The number of imidazole rings is 1. The minimum Gasteiger partial charge on any atom is -0.446 e. The number of benzene rings is 1.